The van der Waals surface area contributed by atoms with Gasteiger partial charge in [0.05, 0.1) is 0 Å². The highest BCUT2D eigenvalue weighted by Crippen LogP contribution is 2.18. The van der Waals surface area contributed by atoms with Crippen LogP contribution in [0, 0.1) is 0 Å². The molecule has 1 aromatic heterocycles. The van der Waals surface area contributed by atoms with Gasteiger partial charge in [0.1, 0.15) is 6.54 Å². The van der Waals surface area contributed by atoms with Crippen LogP contribution in [0.15, 0.2) is 22.5 Å². The molecule has 5 nitrogen and oxygen atoms in total. The van der Waals surface area contributed by atoms with E-state index in [1.165, 1.54) is 4.88 Å². The van der Waals surface area contributed by atoms with E-state index in [2.05, 4.69) is 27.1 Å². The van der Waals surface area contributed by atoms with E-state index < -0.39 is 0 Å². The van der Waals surface area contributed by atoms with Crippen molar-refractivity contribution in [1.82, 2.24) is 10.6 Å². The minimum Gasteiger partial charge on any atom is -0.370 e. The van der Waals surface area contributed by atoms with Gasteiger partial charge in [-0.15, -0.1) is 35.3 Å². The number of nitrogens with zero attached hydrogens (tertiary/aromatic N) is 1. The third-order valence-electron chi connectivity index (χ3n) is 2.59. The predicted molar refractivity (Wildman–Crippen MR) is 89.1 cm³/mol. The number of nitrogens with two attached hydrogens (primary N) is 1. The molecule has 0 spiro atoms. The Kier molecular flexibility index (Phi) is 7.14. The Morgan fingerprint density at radius 3 is 2.95 bits per heavy atom. The number of rotatable bonds is 6. The number of amides is 1. The number of halogens is 1. The molecule has 1 aliphatic rings. The molecule has 0 unspecified atom stereocenters. The molecule has 0 saturated heterocycles. The maximum absolute atomic E-state index is 11.4. The predicted octanol–water partition coefficient (Wildman–Crippen LogP) is 1.09. The third-order valence-corrected chi connectivity index (χ3v) is 3.53. The summed E-state index contributed by atoms with van der Waals surface area (Å²) < 4.78 is 0. The molecule has 1 saturated carbocycles. The fourth-order valence-corrected chi connectivity index (χ4v) is 2.19. The molecule has 0 aromatic carbocycles. The van der Waals surface area contributed by atoms with Gasteiger partial charge in [0.2, 0.25) is 5.91 Å². The van der Waals surface area contributed by atoms with E-state index in [9.17, 15) is 4.79 Å². The van der Waals surface area contributed by atoms with Crippen molar-refractivity contribution in [3.05, 3.63) is 22.4 Å². The second-order valence-electron chi connectivity index (χ2n) is 4.30. The number of hydrogen-bond donors (Lipinski definition) is 3. The third kappa shape index (κ3) is 6.76. The molecule has 4 N–H and O–H groups in total. The number of aliphatic imine (C=N–C) groups is 1. The van der Waals surface area contributed by atoms with Crippen LogP contribution in [-0.4, -0.2) is 31.0 Å². The summed E-state index contributed by atoms with van der Waals surface area (Å²) in [6.45, 7) is 0.842. The van der Waals surface area contributed by atoms with Crippen LogP contribution in [0.2, 0.25) is 0 Å². The zero-order chi connectivity index (χ0) is 12.8. The molecule has 0 atom stereocenters. The number of carbonyl (C=O) groups excluding carboxylic acids is 1. The Hall–Kier alpha value is -0.830. The fourth-order valence-electron chi connectivity index (χ4n) is 1.48. The first kappa shape index (κ1) is 16.2. The van der Waals surface area contributed by atoms with E-state index in [-0.39, 0.29) is 36.4 Å². The molecule has 1 amide bonds. The van der Waals surface area contributed by atoms with E-state index in [1.54, 1.807) is 11.3 Å². The van der Waals surface area contributed by atoms with Crippen LogP contribution in [-0.2, 0) is 11.2 Å². The lowest BCUT2D eigenvalue weighted by atomic mass is 10.3. The molecule has 1 aliphatic carbocycles. The van der Waals surface area contributed by atoms with Gasteiger partial charge in [-0.2, -0.15) is 0 Å². The molecule has 0 aliphatic heterocycles. The highest BCUT2D eigenvalue weighted by molar-refractivity contribution is 14.0. The molecule has 19 heavy (non-hydrogen) atoms. The van der Waals surface area contributed by atoms with Crippen LogP contribution < -0.4 is 16.4 Å². The summed E-state index contributed by atoms with van der Waals surface area (Å²) >= 11 is 1.72. The Labute approximate surface area is 134 Å². The average Bonchev–Trinajstić information content (AvgIpc) is 3.00. The second kappa shape index (κ2) is 8.36. The van der Waals surface area contributed by atoms with Crippen LogP contribution in [0.25, 0.3) is 0 Å². The molecule has 1 aromatic rings. The minimum absolute atomic E-state index is 0. The van der Waals surface area contributed by atoms with Gasteiger partial charge in [-0.1, -0.05) is 6.07 Å². The standard InChI is InChI=1S/C12H18N4OS.HI/c13-12(14-6-5-10-2-1-7-18-10)15-8-11(17)16-9-3-4-9;/h1-2,7,9H,3-6,8H2,(H,16,17)(H3,13,14,15);1H. The van der Waals surface area contributed by atoms with E-state index >= 15 is 0 Å². The first-order valence-electron chi connectivity index (χ1n) is 6.09. The maximum atomic E-state index is 11.4. The van der Waals surface area contributed by atoms with Crippen molar-refractivity contribution in [2.75, 3.05) is 13.1 Å². The molecule has 0 radical (unpaired) electrons. The van der Waals surface area contributed by atoms with Crippen LogP contribution >= 0.6 is 35.3 Å². The van der Waals surface area contributed by atoms with Crippen molar-refractivity contribution < 1.29 is 4.79 Å². The summed E-state index contributed by atoms with van der Waals surface area (Å²) in [5.41, 5.74) is 5.67. The van der Waals surface area contributed by atoms with Crippen molar-refractivity contribution >= 4 is 47.2 Å². The Bertz CT molecular complexity index is 417. The zero-order valence-corrected chi connectivity index (χ0v) is 13.7. The maximum Gasteiger partial charge on any atom is 0.242 e. The van der Waals surface area contributed by atoms with Crippen molar-refractivity contribution in [1.29, 1.82) is 0 Å². The number of guanidine groups is 1. The summed E-state index contributed by atoms with van der Waals surface area (Å²) in [5, 5.41) is 7.91. The molecule has 0 bridgehead atoms. The largest absolute Gasteiger partial charge is 0.370 e. The van der Waals surface area contributed by atoms with Gasteiger partial charge in [-0.05, 0) is 30.7 Å². The van der Waals surface area contributed by atoms with Crippen LogP contribution in [0.3, 0.4) is 0 Å². The normalized spacial score (nSPS) is 14.6. The van der Waals surface area contributed by atoms with Gasteiger partial charge in [-0.25, -0.2) is 4.99 Å². The summed E-state index contributed by atoms with van der Waals surface area (Å²) in [5.74, 6) is 0.276. The zero-order valence-electron chi connectivity index (χ0n) is 10.6. The van der Waals surface area contributed by atoms with Crippen molar-refractivity contribution in [3.63, 3.8) is 0 Å². The monoisotopic (exact) mass is 394 g/mol. The van der Waals surface area contributed by atoms with E-state index in [4.69, 9.17) is 5.73 Å². The summed E-state index contributed by atoms with van der Waals surface area (Å²) in [7, 11) is 0. The number of nitrogens with one attached hydrogen (secondary N) is 2. The summed E-state index contributed by atoms with van der Waals surface area (Å²) in [4.78, 5) is 16.7. The minimum atomic E-state index is -0.0551. The van der Waals surface area contributed by atoms with E-state index in [1.807, 2.05) is 6.07 Å². The molecular formula is C12H19IN4OS. The van der Waals surface area contributed by atoms with Crippen LogP contribution in [0.5, 0.6) is 0 Å². The topological polar surface area (TPSA) is 79.5 Å². The summed E-state index contributed by atoms with van der Waals surface area (Å²) in [6.07, 6.45) is 3.09. The summed E-state index contributed by atoms with van der Waals surface area (Å²) in [6, 6.07) is 4.49. The van der Waals surface area contributed by atoms with Crippen LogP contribution in [0.1, 0.15) is 17.7 Å². The van der Waals surface area contributed by atoms with Crippen LogP contribution in [0.4, 0.5) is 0 Å². The Morgan fingerprint density at radius 1 is 1.53 bits per heavy atom. The van der Waals surface area contributed by atoms with Gasteiger partial charge in [0.25, 0.3) is 0 Å². The quantitative estimate of drug-likeness (QED) is 0.384. The lowest BCUT2D eigenvalue weighted by Crippen LogP contribution is -2.35. The van der Waals surface area contributed by atoms with Crippen molar-refractivity contribution in [3.8, 4) is 0 Å². The number of hydrogen-bond acceptors (Lipinski definition) is 3. The van der Waals surface area contributed by atoms with Crippen molar-refractivity contribution in [2.24, 2.45) is 10.7 Å². The Morgan fingerprint density at radius 2 is 2.32 bits per heavy atom. The first-order chi connectivity index (χ1) is 8.74. The van der Waals surface area contributed by atoms with Gasteiger partial charge in [0.15, 0.2) is 5.96 Å². The Balaban J connectivity index is 0.00000180. The van der Waals surface area contributed by atoms with Crippen molar-refractivity contribution in [2.45, 2.75) is 25.3 Å². The lowest BCUT2D eigenvalue weighted by Gasteiger charge is -2.04. The SMILES string of the molecule is I.NC(=NCC(=O)NC1CC1)NCCc1cccs1. The highest BCUT2D eigenvalue weighted by Gasteiger charge is 2.22. The molecule has 1 fully saturated rings. The molecular weight excluding hydrogens is 375 g/mol. The van der Waals surface area contributed by atoms with Gasteiger partial charge < -0.3 is 16.4 Å². The first-order valence-corrected chi connectivity index (χ1v) is 6.97. The smallest absolute Gasteiger partial charge is 0.242 e. The average molecular weight is 394 g/mol. The fraction of sp³-hybridized carbons (Fsp3) is 0.500. The molecule has 1 heterocycles. The number of thiophene rings is 1. The molecule has 2 rings (SSSR count). The molecule has 106 valence electrons. The van der Waals surface area contributed by atoms with Gasteiger partial charge in [0, 0.05) is 17.5 Å². The highest BCUT2D eigenvalue weighted by atomic mass is 127. The van der Waals surface area contributed by atoms with E-state index in [0.717, 1.165) is 25.8 Å². The lowest BCUT2D eigenvalue weighted by molar-refractivity contribution is -0.119. The van der Waals surface area contributed by atoms with E-state index in [0.29, 0.717) is 12.0 Å². The van der Waals surface area contributed by atoms with Gasteiger partial charge >= 0.3 is 0 Å². The van der Waals surface area contributed by atoms with Gasteiger partial charge in [-0.3, -0.25) is 4.79 Å². The molecule has 7 heteroatoms. The number of carbonyl (C=O) groups is 1. The second-order valence-corrected chi connectivity index (χ2v) is 5.33.